The molecule has 1 aliphatic heterocycles. The summed E-state index contributed by atoms with van der Waals surface area (Å²) in [5, 5.41) is 9.26. The van der Waals surface area contributed by atoms with E-state index in [9.17, 15) is 18.4 Å². The van der Waals surface area contributed by atoms with Gasteiger partial charge in [-0.1, -0.05) is 19.9 Å². The van der Waals surface area contributed by atoms with Gasteiger partial charge in [0, 0.05) is 24.4 Å². The molecule has 7 heteroatoms. The van der Waals surface area contributed by atoms with E-state index in [2.05, 4.69) is 9.97 Å². The number of nitriles is 1. The van der Waals surface area contributed by atoms with Crippen molar-refractivity contribution in [3.8, 4) is 6.07 Å². The van der Waals surface area contributed by atoms with Gasteiger partial charge in [0.1, 0.15) is 17.6 Å². The second kappa shape index (κ2) is 5.48. The molecule has 1 atom stereocenters. The molecule has 124 valence electrons. The third-order valence-corrected chi connectivity index (χ3v) is 4.19. The number of halogens is 3. The van der Waals surface area contributed by atoms with Crippen LogP contribution in [0, 0.1) is 16.7 Å². The van der Waals surface area contributed by atoms with Gasteiger partial charge in [-0.25, -0.2) is 4.98 Å². The normalized spacial score (nSPS) is 19.5. The van der Waals surface area contributed by atoms with Crippen molar-refractivity contribution in [2.24, 2.45) is 5.41 Å². The first kappa shape index (κ1) is 16.2. The van der Waals surface area contributed by atoms with E-state index < -0.39 is 11.9 Å². The molecule has 0 saturated carbocycles. The van der Waals surface area contributed by atoms with Crippen LogP contribution in [0.25, 0.3) is 0 Å². The van der Waals surface area contributed by atoms with E-state index in [0.717, 1.165) is 11.6 Å². The quantitative estimate of drug-likeness (QED) is 0.835. The van der Waals surface area contributed by atoms with Crippen molar-refractivity contribution < 1.29 is 13.2 Å². The maximum atomic E-state index is 13.0. The van der Waals surface area contributed by atoms with E-state index in [0.29, 0.717) is 6.54 Å². The molecule has 3 rings (SSSR count). The predicted octanol–water partition coefficient (Wildman–Crippen LogP) is 3.95. The highest BCUT2D eigenvalue weighted by Crippen LogP contribution is 2.50. The molecule has 0 radical (unpaired) electrons. The Morgan fingerprint density at radius 3 is 2.58 bits per heavy atom. The number of nitrogens with zero attached hydrogens (tertiary/aromatic N) is 4. The average molecular weight is 332 g/mol. The van der Waals surface area contributed by atoms with Gasteiger partial charge in [0.25, 0.3) is 0 Å². The molecule has 0 aliphatic carbocycles. The van der Waals surface area contributed by atoms with Gasteiger partial charge in [0.2, 0.25) is 0 Å². The SMILES string of the molecule is CC1(C)CN(c2nc(C(F)(F)F)ccc2C#N)C1c1cccnc1. The zero-order valence-electron chi connectivity index (χ0n) is 13.2. The number of hydrogen-bond acceptors (Lipinski definition) is 4. The smallest absolute Gasteiger partial charge is 0.347 e. The molecule has 1 aliphatic rings. The molecule has 2 aromatic rings. The molecule has 1 saturated heterocycles. The molecule has 1 unspecified atom stereocenters. The Morgan fingerprint density at radius 2 is 2.04 bits per heavy atom. The summed E-state index contributed by atoms with van der Waals surface area (Å²) in [5.41, 5.74) is -0.138. The fourth-order valence-electron chi connectivity index (χ4n) is 3.20. The Morgan fingerprint density at radius 1 is 1.29 bits per heavy atom. The summed E-state index contributed by atoms with van der Waals surface area (Å²) in [5.74, 6) is 0.0699. The van der Waals surface area contributed by atoms with Crippen molar-refractivity contribution in [2.75, 3.05) is 11.4 Å². The van der Waals surface area contributed by atoms with Gasteiger partial charge in [-0.2, -0.15) is 18.4 Å². The van der Waals surface area contributed by atoms with E-state index in [1.165, 1.54) is 6.07 Å². The zero-order chi connectivity index (χ0) is 17.5. The van der Waals surface area contributed by atoms with Crippen LogP contribution in [-0.2, 0) is 6.18 Å². The molecule has 0 amide bonds. The van der Waals surface area contributed by atoms with Crippen molar-refractivity contribution in [3.63, 3.8) is 0 Å². The van der Waals surface area contributed by atoms with Crippen LogP contribution >= 0.6 is 0 Å². The third kappa shape index (κ3) is 2.68. The topological polar surface area (TPSA) is 52.8 Å². The van der Waals surface area contributed by atoms with E-state index >= 15 is 0 Å². The zero-order valence-corrected chi connectivity index (χ0v) is 13.2. The highest BCUT2D eigenvalue weighted by atomic mass is 19.4. The van der Waals surface area contributed by atoms with Crippen molar-refractivity contribution in [1.82, 2.24) is 9.97 Å². The Labute approximate surface area is 137 Å². The highest BCUT2D eigenvalue weighted by Gasteiger charge is 2.48. The van der Waals surface area contributed by atoms with Crippen LogP contribution in [0.15, 0.2) is 36.7 Å². The lowest BCUT2D eigenvalue weighted by atomic mass is 9.72. The lowest BCUT2D eigenvalue weighted by Gasteiger charge is -2.55. The second-order valence-electron chi connectivity index (χ2n) is 6.48. The van der Waals surface area contributed by atoms with Crippen LogP contribution in [-0.4, -0.2) is 16.5 Å². The van der Waals surface area contributed by atoms with E-state index in [-0.39, 0.29) is 22.8 Å². The highest BCUT2D eigenvalue weighted by molar-refractivity contribution is 5.59. The van der Waals surface area contributed by atoms with Crippen LogP contribution in [0.1, 0.15) is 36.7 Å². The standard InChI is InChI=1S/C17H15F3N4/c1-16(2)10-24(14(16)12-4-3-7-22-9-12)15-11(8-21)5-6-13(23-15)17(18,19)20/h3-7,9,14H,10H2,1-2H3. The molecule has 0 N–H and O–H groups in total. The van der Waals surface area contributed by atoms with Crippen molar-refractivity contribution >= 4 is 5.82 Å². The molecule has 2 aromatic heterocycles. The maximum Gasteiger partial charge on any atom is 0.433 e. The maximum absolute atomic E-state index is 13.0. The Bertz CT molecular complexity index is 794. The van der Waals surface area contributed by atoms with Gasteiger partial charge in [-0.15, -0.1) is 0 Å². The number of aromatic nitrogens is 2. The van der Waals surface area contributed by atoms with Crippen LogP contribution in [0.2, 0.25) is 0 Å². The molecule has 24 heavy (non-hydrogen) atoms. The van der Waals surface area contributed by atoms with Crippen molar-refractivity contribution in [3.05, 3.63) is 53.5 Å². The summed E-state index contributed by atoms with van der Waals surface area (Å²) in [6, 6.07) is 7.43. The van der Waals surface area contributed by atoms with Crippen molar-refractivity contribution in [2.45, 2.75) is 26.1 Å². The lowest BCUT2D eigenvalue weighted by molar-refractivity contribution is -0.141. The van der Waals surface area contributed by atoms with Crippen LogP contribution in [0.3, 0.4) is 0 Å². The fraction of sp³-hybridized carbons (Fsp3) is 0.353. The lowest BCUT2D eigenvalue weighted by Crippen LogP contribution is -2.56. The van der Waals surface area contributed by atoms with Crippen molar-refractivity contribution in [1.29, 1.82) is 5.26 Å². The van der Waals surface area contributed by atoms with Crippen LogP contribution in [0.4, 0.5) is 19.0 Å². The van der Waals surface area contributed by atoms with E-state index in [1.807, 2.05) is 26.0 Å². The average Bonchev–Trinajstić information content (AvgIpc) is 2.52. The number of hydrogen-bond donors (Lipinski definition) is 0. The first-order chi connectivity index (χ1) is 11.2. The summed E-state index contributed by atoms with van der Waals surface area (Å²) in [6.45, 7) is 4.57. The van der Waals surface area contributed by atoms with Gasteiger partial charge in [0.15, 0.2) is 0 Å². The van der Waals surface area contributed by atoms with Gasteiger partial charge in [-0.3, -0.25) is 4.98 Å². The fourth-order valence-corrected chi connectivity index (χ4v) is 3.20. The minimum atomic E-state index is -4.55. The first-order valence-corrected chi connectivity index (χ1v) is 7.39. The van der Waals surface area contributed by atoms with Gasteiger partial charge >= 0.3 is 6.18 Å². The minimum absolute atomic E-state index is 0.0699. The van der Waals surface area contributed by atoms with Gasteiger partial charge in [0.05, 0.1) is 11.6 Å². The summed E-state index contributed by atoms with van der Waals surface area (Å²) < 4.78 is 39.0. The van der Waals surface area contributed by atoms with Gasteiger partial charge in [-0.05, 0) is 23.8 Å². The number of rotatable bonds is 2. The molecule has 4 nitrogen and oxygen atoms in total. The minimum Gasteiger partial charge on any atom is -0.347 e. The Hall–Kier alpha value is -2.62. The molecule has 0 spiro atoms. The number of anilines is 1. The Kier molecular flexibility index (Phi) is 3.71. The molecule has 0 bridgehead atoms. The molecule has 0 aromatic carbocycles. The molecular formula is C17H15F3N4. The summed E-state index contributed by atoms with van der Waals surface area (Å²) >= 11 is 0. The molecule has 1 fully saturated rings. The summed E-state index contributed by atoms with van der Waals surface area (Å²) in [4.78, 5) is 9.57. The number of pyridine rings is 2. The summed E-state index contributed by atoms with van der Waals surface area (Å²) in [7, 11) is 0. The largest absolute Gasteiger partial charge is 0.433 e. The van der Waals surface area contributed by atoms with E-state index in [4.69, 9.17) is 0 Å². The van der Waals surface area contributed by atoms with Crippen LogP contribution in [0.5, 0.6) is 0 Å². The first-order valence-electron chi connectivity index (χ1n) is 7.39. The summed E-state index contributed by atoms with van der Waals surface area (Å²) in [6.07, 6.45) is -1.21. The third-order valence-electron chi connectivity index (χ3n) is 4.19. The Balaban J connectivity index is 2.07. The van der Waals surface area contributed by atoms with Crippen LogP contribution < -0.4 is 4.90 Å². The van der Waals surface area contributed by atoms with Gasteiger partial charge < -0.3 is 4.90 Å². The molecular weight excluding hydrogens is 317 g/mol. The monoisotopic (exact) mass is 332 g/mol. The van der Waals surface area contributed by atoms with E-state index in [1.54, 1.807) is 23.4 Å². The second-order valence-corrected chi connectivity index (χ2v) is 6.48. The predicted molar refractivity (Wildman–Crippen MR) is 82.1 cm³/mol. The number of alkyl halides is 3. The molecule has 3 heterocycles.